The van der Waals surface area contributed by atoms with Crippen LogP contribution in [-0.4, -0.2) is 12.2 Å². The smallest absolute Gasteiger partial charge is 0.331 e. The van der Waals surface area contributed by atoms with Gasteiger partial charge in [-0.25, -0.2) is 4.79 Å². The molecule has 110 valence electrons. The highest BCUT2D eigenvalue weighted by Gasteiger charge is 2.03. The quantitative estimate of drug-likeness (QED) is 0.475. The standard InChI is InChI=1S/C18H15NO2S/c1-22-17-9-6-14(7-10-17)8-11-18(20)21-13-16-5-3-2-4-15(16)12-19/h2-11H,13H2,1H3/b11-8+. The van der Waals surface area contributed by atoms with Gasteiger partial charge in [0, 0.05) is 16.5 Å². The topological polar surface area (TPSA) is 50.1 Å². The number of benzene rings is 2. The van der Waals surface area contributed by atoms with Gasteiger partial charge in [0.15, 0.2) is 0 Å². The lowest BCUT2D eigenvalue weighted by Gasteiger charge is -2.04. The molecule has 0 aromatic heterocycles. The molecule has 0 N–H and O–H groups in total. The SMILES string of the molecule is CSc1ccc(/C=C/C(=O)OCc2ccccc2C#N)cc1. The van der Waals surface area contributed by atoms with E-state index >= 15 is 0 Å². The Balaban J connectivity index is 1.92. The van der Waals surface area contributed by atoms with Crippen LogP contribution in [0.2, 0.25) is 0 Å². The molecule has 3 nitrogen and oxygen atoms in total. The molecule has 0 saturated carbocycles. The maximum atomic E-state index is 11.7. The Hall–Kier alpha value is -2.51. The lowest BCUT2D eigenvalue weighted by atomic mass is 10.1. The minimum atomic E-state index is -0.429. The Morgan fingerprint density at radius 1 is 1.23 bits per heavy atom. The van der Waals surface area contributed by atoms with Crippen LogP contribution in [-0.2, 0) is 16.1 Å². The highest BCUT2D eigenvalue weighted by Crippen LogP contribution is 2.15. The molecule has 2 rings (SSSR count). The Labute approximate surface area is 134 Å². The van der Waals surface area contributed by atoms with Crippen LogP contribution in [0.3, 0.4) is 0 Å². The molecular formula is C18H15NO2S. The van der Waals surface area contributed by atoms with Crippen molar-refractivity contribution in [1.29, 1.82) is 5.26 Å². The van der Waals surface area contributed by atoms with Gasteiger partial charge < -0.3 is 4.74 Å². The molecule has 0 bridgehead atoms. The maximum absolute atomic E-state index is 11.7. The summed E-state index contributed by atoms with van der Waals surface area (Å²) < 4.78 is 5.16. The summed E-state index contributed by atoms with van der Waals surface area (Å²) in [7, 11) is 0. The van der Waals surface area contributed by atoms with Crippen molar-refractivity contribution in [3.8, 4) is 6.07 Å². The Kier molecular flexibility index (Phi) is 5.81. The van der Waals surface area contributed by atoms with E-state index in [-0.39, 0.29) is 6.61 Å². The number of carbonyl (C=O) groups is 1. The van der Waals surface area contributed by atoms with E-state index < -0.39 is 5.97 Å². The molecular weight excluding hydrogens is 294 g/mol. The minimum Gasteiger partial charge on any atom is -0.458 e. The monoisotopic (exact) mass is 309 g/mol. The fourth-order valence-corrected chi connectivity index (χ4v) is 2.24. The first-order chi connectivity index (χ1) is 10.7. The fourth-order valence-electron chi connectivity index (χ4n) is 1.83. The molecule has 0 heterocycles. The predicted molar refractivity (Wildman–Crippen MR) is 88.2 cm³/mol. The van der Waals surface area contributed by atoms with E-state index in [0.717, 1.165) is 5.56 Å². The van der Waals surface area contributed by atoms with Crippen LogP contribution in [0.4, 0.5) is 0 Å². The fraction of sp³-hybridized carbons (Fsp3) is 0.111. The molecule has 0 atom stereocenters. The number of thioether (sulfide) groups is 1. The van der Waals surface area contributed by atoms with Crippen LogP contribution in [0.25, 0.3) is 6.08 Å². The summed E-state index contributed by atoms with van der Waals surface area (Å²) in [6.07, 6.45) is 5.12. The molecule has 0 aliphatic carbocycles. The van der Waals surface area contributed by atoms with Gasteiger partial charge in [0.05, 0.1) is 11.6 Å². The summed E-state index contributed by atoms with van der Waals surface area (Å²) in [5, 5.41) is 8.97. The molecule has 2 aromatic rings. The van der Waals surface area contributed by atoms with Gasteiger partial charge >= 0.3 is 5.97 Å². The first-order valence-corrected chi connectivity index (χ1v) is 7.92. The summed E-state index contributed by atoms with van der Waals surface area (Å²) in [5.41, 5.74) is 2.16. The number of ether oxygens (including phenoxy) is 1. The molecule has 0 fully saturated rings. The van der Waals surface area contributed by atoms with Crippen LogP contribution in [0, 0.1) is 11.3 Å². The van der Waals surface area contributed by atoms with E-state index in [1.54, 1.807) is 36.0 Å². The molecule has 0 aliphatic heterocycles. The lowest BCUT2D eigenvalue weighted by Crippen LogP contribution is -2.02. The molecule has 0 radical (unpaired) electrons. The molecule has 4 heteroatoms. The number of nitriles is 1. The number of hydrogen-bond donors (Lipinski definition) is 0. The summed E-state index contributed by atoms with van der Waals surface area (Å²) in [4.78, 5) is 12.9. The first-order valence-electron chi connectivity index (χ1n) is 6.70. The molecule has 0 aliphatic rings. The van der Waals surface area contributed by atoms with E-state index in [1.807, 2.05) is 36.6 Å². The van der Waals surface area contributed by atoms with Gasteiger partial charge in [-0.3, -0.25) is 0 Å². The Bertz CT molecular complexity index is 715. The summed E-state index contributed by atoms with van der Waals surface area (Å²) in [6.45, 7) is 0.0956. The van der Waals surface area contributed by atoms with Gasteiger partial charge in [0.1, 0.15) is 6.61 Å². The third-order valence-electron chi connectivity index (χ3n) is 3.04. The zero-order valence-corrected chi connectivity index (χ0v) is 13.0. The summed E-state index contributed by atoms with van der Waals surface area (Å²) >= 11 is 1.67. The Morgan fingerprint density at radius 3 is 2.64 bits per heavy atom. The molecule has 0 spiro atoms. The zero-order valence-electron chi connectivity index (χ0n) is 12.2. The van der Waals surface area contributed by atoms with Crippen molar-refractivity contribution in [3.05, 3.63) is 71.3 Å². The molecule has 2 aromatic carbocycles. The van der Waals surface area contributed by atoms with E-state index in [2.05, 4.69) is 6.07 Å². The van der Waals surface area contributed by atoms with Gasteiger partial charge in [-0.2, -0.15) is 5.26 Å². The number of esters is 1. The first kappa shape index (κ1) is 15.9. The minimum absolute atomic E-state index is 0.0956. The van der Waals surface area contributed by atoms with Crippen molar-refractivity contribution in [2.75, 3.05) is 6.26 Å². The zero-order chi connectivity index (χ0) is 15.8. The number of carbonyl (C=O) groups excluding carboxylic acids is 1. The van der Waals surface area contributed by atoms with Crippen LogP contribution < -0.4 is 0 Å². The van der Waals surface area contributed by atoms with Crippen LogP contribution in [0.1, 0.15) is 16.7 Å². The number of nitrogens with zero attached hydrogens (tertiary/aromatic N) is 1. The van der Waals surface area contributed by atoms with Gasteiger partial charge in [-0.05, 0) is 36.1 Å². The van der Waals surface area contributed by atoms with Crippen molar-refractivity contribution >= 4 is 23.8 Å². The number of hydrogen-bond acceptors (Lipinski definition) is 4. The highest BCUT2D eigenvalue weighted by molar-refractivity contribution is 7.98. The normalized spacial score (nSPS) is 10.4. The van der Waals surface area contributed by atoms with E-state index in [1.165, 1.54) is 11.0 Å². The third-order valence-corrected chi connectivity index (χ3v) is 3.78. The van der Waals surface area contributed by atoms with E-state index in [4.69, 9.17) is 10.00 Å². The largest absolute Gasteiger partial charge is 0.458 e. The Morgan fingerprint density at radius 2 is 1.95 bits per heavy atom. The van der Waals surface area contributed by atoms with E-state index in [0.29, 0.717) is 11.1 Å². The predicted octanol–water partition coefficient (Wildman–Crippen LogP) is 4.04. The average molecular weight is 309 g/mol. The second-order valence-electron chi connectivity index (χ2n) is 4.48. The summed E-state index contributed by atoms with van der Waals surface area (Å²) in [6, 6.07) is 17.0. The lowest BCUT2D eigenvalue weighted by molar-refractivity contribution is -0.138. The molecule has 0 amide bonds. The van der Waals surface area contributed by atoms with Crippen LogP contribution in [0.5, 0.6) is 0 Å². The molecule has 0 saturated heterocycles. The second kappa shape index (κ2) is 8.06. The van der Waals surface area contributed by atoms with Crippen LogP contribution >= 0.6 is 11.8 Å². The second-order valence-corrected chi connectivity index (χ2v) is 5.36. The van der Waals surface area contributed by atoms with Crippen molar-refractivity contribution < 1.29 is 9.53 Å². The van der Waals surface area contributed by atoms with Crippen molar-refractivity contribution in [3.63, 3.8) is 0 Å². The van der Waals surface area contributed by atoms with Crippen molar-refractivity contribution in [2.24, 2.45) is 0 Å². The number of rotatable bonds is 5. The van der Waals surface area contributed by atoms with Crippen molar-refractivity contribution in [1.82, 2.24) is 0 Å². The average Bonchev–Trinajstić information content (AvgIpc) is 2.58. The van der Waals surface area contributed by atoms with Crippen molar-refractivity contribution in [2.45, 2.75) is 11.5 Å². The van der Waals surface area contributed by atoms with Gasteiger partial charge in [0.2, 0.25) is 0 Å². The highest BCUT2D eigenvalue weighted by atomic mass is 32.2. The molecule has 22 heavy (non-hydrogen) atoms. The maximum Gasteiger partial charge on any atom is 0.331 e. The van der Waals surface area contributed by atoms with Gasteiger partial charge in [0.25, 0.3) is 0 Å². The van der Waals surface area contributed by atoms with Gasteiger partial charge in [-0.15, -0.1) is 11.8 Å². The van der Waals surface area contributed by atoms with Gasteiger partial charge in [-0.1, -0.05) is 30.3 Å². The third kappa shape index (κ3) is 4.51. The van der Waals surface area contributed by atoms with E-state index in [9.17, 15) is 4.79 Å². The molecule has 0 unspecified atom stereocenters. The summed E-state index contributed by atoms with van der Waals surface area (Å²) in [5.74, 6) is -0.429. The van der Waals surface area contributed by atoms with Crippen LogP contribution in [0.15, 0.2) is 59.5 Å².